The Balaban J connectivity index is 2.48. The molecule has 1 rings (SSSR count). The number of rotatable bonds is 6. The van der Waals surface area contributed by atoms with Gasteiger partial charge in [-0.3, -0.25) is 0 Å². The third-order valence-electron chi connectivity index (χ3n) is 2.64. The van der Waals surface area contributed by atoms with Crippen molar-refractivity contribution in [1.82, 2.24) is 5.32 Å². The number of aliphatic hydroxyl groups is 1. The third-order valence-corrected chi connectivity index (χ3v) is 2.64. The van der Waals surface area contributed by atoms with Crippen molar-refractivity contribution in [1.29, 1.82) is 0 Å². The highest BCUT2D eigenvalue weighted by Crippen LogP contribution is 2.13. The first-order valence-corrected chi connectivity index (χ1v) is 6.02. The average molecular weight is 221 g/mol. The van der Waals surface area contributed by atoms with Gasteiger partial charge >= 0.3 is 0 Å². The van der Waals surface area contributed by atoms with E-state index in [2.05, 4.69) is 43.4 Å². The first-order valence-electron chi connectivity index (χ1n) is 6.02. The summed E-state index contributed by atoms with van der Waals surface area (Å²) < 4.78 is 0. The molecule has 1 aromatic rings. The number of hydrogen-bond acceptors (Lipinski definition) is 2. The highest BCUT2D eigenvalue weighted by Gasteiger charge is 2.19. The molecule has 0 spiro atoms. The van der Waals surface area contributed by atoms with Crippen molar-refractivity contribution < 1.29 is 5.11 Å². The monoisotopic (exact) mass is 221 g/mol. The van der Waals surface area contributed by atoms with Crippen LogP contribution in [0.2, 0.25) is 0 Å². The van der Waals surface area contributed by atoms with Crippen LogP contribution in [0.1, 0.15) is 31.4 Å². The van der Waals surface area contributed by atoms with Crippen LogP contribution in [0, 0.1) is 6.92 Å². The van der Waals surface area contributed by atoms with Gasteiger partial charge < -0.3 is 10.4 Å². The van der Waals surface area contributed by atoms with Gasteiger partial charge in [0.25, 0.3) is 0 Å². The van der Waals surface area contributed by atoms with E-state index in [1.807, 2.05) is 6.92 Å². The zero-order chi connectivity index (χ0) is 12.0. The van der Waals surface area contributed by atoms with Crippen molar-refractivity contribution >= 4 is 0 Å². The van der Waals surface area contributed by atoms with Crippen LogP contribution in [-0.4, -0.2) is 23.8 Å². The Labute approximate surface area is 98.7 Å². The molecular weight excluding hydrogens is 198 g/mol. The Morgan fingerprint density at radius 2 is 1.88 bits per heavy atom. The number of hydrogen-bond donors (Lipinski definition) is 2. The molecule has 0 radical (unpaired) electrons. The molecule has 2 heteroatoms. The SMILES string of the molecule is CCCNCC(C)(O)Cc1ccc(C)cc1. The first kappa shape index (κ1) is 13.2. The molecule has 1 unspecified atom stereocenters. The van der Waals surface area contributed by atoms with Crippen molar-refractivity contribution in [2.45, 2.75) is 39.2 Å². The summed E-state index contributed by atoms with van der Waals surface area (Å²) in [7, 11) is 0. The topological polar surface area (TPSA) is 32.3 Å². The van der Waals surface area contributed by atoms with Crippen molar-refractivity contribution in [3.8, 4) is 0 Å². The lowest BCUT2D eigenvalue weighted by Gasteiger charge is -2.24. The minimum absolute atomic E-state index is 0.648. The van der Waals surface area contributed by atoms with E-state index in [4.69, 9.17) is 0 Å². The minimum atomic E-state index is -0.662. The fourth-order valence-electron chi connectivity index (χ4n) is 1.74. The van der Waals surface area contributed by atoms with Crippen LogP contribution < -0.4 is 5.32 Å². The summed E-state index contributed by atoms with van der Waals surface area (Å²) in [6, 6.07) is 8.35. The minimum Gasteiger partial charge on any atom is -0.389 e. The van der Waals surface area contributed by atoms with E-state index in [0.29, 0.717) is 13.0 Å². The molecule has 1 aromatic carbocycles. The second-order valence-corrected chi connectivity index (χ2v) is 4.84. The van der Waals surface area contributed by atoms with Gasteiger partial charge in [-0.05, 0) is 32.4 Å². The average Bonchev–Trinajstić information content (AvgIpc) is 2.21. The van der Waals surface area contributed by atoms with E-state index in [-0.39, 0.29) is 0 Å². The summed E-state index contributed by atoms with van der Waals surface area (Å²) in [6.45, 7) is 7.70. The predicted molar refractivity (Wildman–Crippen MR) is 68.7 cm³/mol. The molecule has 0 aliphatic rings. The van der Waals surface area contributed by atoms with Crippen molar-refractivity contribution in [2.75, 3.05) is 13.1 Å². The number of benzene rings is 1. The van der Waals surface area contributed by atoms with E-state index < -0.39 is 5.60 Å². The van der Waals surface area contributed by atoms with E-state index in [1.54, 1.807) is 0 Å². The predicted octanol–water partition coefficient (Wildman–Crippen LogP) is 2.29. The summed E-state index contributed by atoms with van der Waals surface area (Å²) in [5.74, 6) is 0. The lowest BCUT2D eigenvalue weighted by atomic mass is 9.96. The normalized spacial score (nSPS) is 14.8. The van der Waals surface area contributed by atoms with Gasteiger partial charge in [-0.2, -0.15) is 0 Å². The van der Waals surface area contributed by atoms with Crippen molar-refractivity contribution in [2.24, 2.45) is 0 Å². The highest BCUT2D eigenvalue weighted by molar-refractivity contribution is 5.22. The van der Waals surface area contributed by atoms with Crippen LogP contribution in [0.25, 0.3) is 0 Å². The maximum atomic E-state index is 10.2. The van der Waals surface area contributed by atoms with Gasteiger partial charge in [0.05, 0.1) is 5.60 Å². The molecule has 2 nitrogen and oxygen atoms in total. The molecule has 0 aliphatic heterocycles. The quantitative estimate of drug-likeness (QED) is 0.722. The number of aryl methyl sites for hydroxylation is 1. The molecule has 1 atom stereocenters. The largest absolute Gasteiger partial charge is 0.389 e. The fourth-order valence-corrected chi connectivity index (χ4v) is 1.74. The van der Waals surface area contributed by atoms with Crippen molar-refractivity contribution in [3.05, 3.63) is 35.4 Å². The zero-order valence-electron chi connectivity index (χ0n) is 10.6. The smallest absolute Gasteiger partial charge is 0.0783 e. The second kappa shape index (κ2) is 6.02. The van der Waals surface area contributed by atoms with Gasteiger partial charge in [0.15, 0.2) is 0 Å². The molecule has 90 valence electrons. The maximum Gasteiger partial charge on any atom is 0.0783 e. The molecule has 0 aromatic heterocycles. The van der Waals surface area contributed by atoms with Crippen LogP contribution >= 0.6 is 0 Å². The lowest BCUT2D eigenvalue weighted by Crippen LogP contribution is -2.39. The molecule has 0 fully saturated rings. The molecule has 0 heterocycles. The molecule has 2 N–H and O–H groups in total. The molecular formula is C14H23NO. The number of nitrogens with one attached hydrogen (secondary N) is 1. The molecule has 0 amide bonds. The van der Waals surface area contributed by atoms with Crippen LogP contribution in [0.5, 0.6) is 0 Å². The summed E-state index contributed by atoms with van der Waals surface area (Å²) >= 11 is 0. The van der Waals surface area contributed by atoms with Crippen LogP contribution in [-0.2, 0) is 6.42 Å². The Morgan fingerprint density at radius 3 is 2.44 bits per heavy atom. The molecule has 0 aliphatic carbocycles. The molecule has 0 bridgehead atoms. The van der Waals surface area contributed by atoms with Crippen LogP contribution in [0.3, 0.4) is 0 Å². The zero-order valence-corrected chi connectivity index (χ0v) is 10.6. The molecule has 0 saturated heterocycles. The summed E-state index contributed by atoms with van der Waals surface area (Å²) in [6.07, 6.45) is 1.80. The molecule has 16 heavy (non-hydrogen) atoms. The Hall–Kier alpha value is -0.860. The van der Waals surface area contributed by atoms with E-state index in [0.717, 1.165) is 13.0 Å². The van der Waals surface area contributed by atoms with Gasteiger partial charge in [0.1, 0.15) is 0 Å². The Morgan fingerprint density at radius 1 is 1.25 bits per heavy atom. The van der Waals surface area contributed by atoms with Gasteiger partial charge in [-0.1, -0.05) is 36.8 Å². The second-order valence-electron chi connectivity index (χ2n) is 4.84. The summed E-state index contributed by atoms with van der Waals surface area (Å²) in [5, 5.41) is 13.5. The third kappa shape index (κ3) is 4.77. The van der Waals surface area contributed by atoms with E-state index in [1.165, 1.54) is 11.1 Å². The Kier molecular flexibility index (Phi) is 4.97. The van der Waals surface area contributed by atoms with Gasteiger partial charge in [0, 0.05) is 13.0 Å². The first-order chi connectivity index (χ1) is 7.53. The summed E-state index contributed by atoms with van der Waals surface area (Å²) in [5.41, 5.74) is 1.78. The highest BCUT2D eigenvalue weighted by atomic mass is 16.3. The van der Waals surface area contributed by atoms with E-state index >= 15 is 0 Å². The van der Waals surface area contributed by atoms with Gasteiger partial charge in [0.2, 0.25) is 0 Å². The van der Waals surface area contributed by atoms with Gasteiger partial charge in [-0.25, -0.2) is 0 Å². The Bertz CT molecular complexity index is 303. The maximum absolute atomic E-state index is 10.2. The fraction of sp³-hybridized carbons (Fsp3) is 0.571. The lowest BCUT2D eigenvalue weighted by molar-refractivity contribution is 0.0604. The molecule has 0 saturated carbocycles. The standard InChI is InChI=1S/C14H23NO/c1-4-9-15-11-14(3,16)10-13-7-5-12(2)6-8-13/h5-8,15-16H,4,9-11H2,1-3H3. The van der Waals surface area contributed by atoms with Crippen LogP contribution in [0.15, 0.2) is 24.3 Å². The van der Waals surface area contributed by atoms with Gasteiger partial charge in [-0.15, -0.1) is 0 Å². The van der Waals surface area contributed by atoms with E-state index in [9.17, 15) is 5.11 Å². The summed E-state index contributed by atoms with van der Waals surface area (Å²) in [4.78, 5) is 0. The van der Waals surface area contributed by atoms with Crippen molar-refractivity contribution in [3.63, 3.8) is 0 Å². The van der Waals surface area contributed by atoms with Crippen LogP contribution in [0.4, 0.5) is 0 Å².